The molecule has 0 spiro atoms. The van der Waals surface area contributed by atoms with Crippen LogP contribution in [-0.2, 0) is 6.42 Å². The molecule has 0 heterocycles. The lowest BCUT2D eigenvalue weighted by atomic mass is 10.0. The molecule has 1 aliphatic rings. The Bertz CT molecular complexity index is 280. The molecule has 0 saturated heterocycles. The maximum Gasteiger partial charge on any atom is 0.0238 e. The van der Waals surface area contributed by atoms with Gasteiger partial charge < -0.3 is 0 Å². The van der Waals surface area contributed by atoms with Crippen LogP contribution in [0, 0.1) is 5.92 Å². The number of benzene rings is 1. The van der Waals surface area contributed by atoms with Crippen LogP contribution in [0.25, 0.3) is 0 Å². The van der Waals surface area contributed by atoms with Gasteiger partial charge in [-0.2, -0.15) is 0 Å². The van der Waals surface area contributed by atoms with Crippen molar-refractivity contribution in [2.45, 2.75) is 38.1 Å². The molecule has 1 aromatic carbocycles. The number of hydrazine groups is 1. The molecule has 0 aromatic heterocycles. The molecule has 1 aliphatic carbocycles. The number of nitrogens with one attached hydrogen (secondary N) is 1. The van der Waals surface area contributed by atoms with Gasteiger partial charge in [0.1, 0.15) is 0 Å². The first-order valence-corrected chi connectivity index (χ1v) is 5.90. The van der Waals surface area contributed by atoms with Crippen molar-refractivity contribution in [2.75, 3.05) is 0 Å². The Morgan fingerprint density at radius 2 is 2.00 bits per heavy atom. The van der Waals surface area contributed by atoms with E-state index in [1.54, 1.807) is 0 Å². The second-order valence-corrected chi connectivity index (χ2v) is 4.49. The lowest BCUT2D eigenvalue weighted by Gasteiger charge is -2.14. The van der Waals surface area contributed by atoms with E-state index in [-0.39, 0.29) is 0 Å². The van der Waals surface area contributed by atoms with Crippen LogP contribution in [0.3, 0.4) is 0 Å². The summed E-state index contributed by atoms with van der Waals surface area (Å²) in [6.07, 6.45) is 6.33. The normalized spacial score (nSPS) is 17.7. The molecular formula is C13H20N2. The topological polar surface area (TPSA) is 38.0 Å². The van der Waals surface area contributed by atoms with E-state index in [0.717, 1.165) is 5.92 Å². The zero-order valence-corrected chi connectivity index (χ0v) is 9.15. The number of nitrogens with two attached hydrogens (primary N) is 1. The Morgan fingerprint density at radius 1 is 1.27 bits per heavy atom. The first kappa shape index (κ1) is 10.7. The average molecular weight is 204 g/mol. The molecular weight excluding hydrogens is 184 g/mol. The molecule has 2 nitrogen and oxygen atoms in total. The number of hydrogen-bond acceptors (Lipinski definition) is 2. The molecule has 0 amide bonds. The molecule has 82 valence electrons. The molecule has 2 rings (SSSR count). The molecule has 0 bridgehead atoms. The third kappa shape index (κ3) is 3.33. The first-order valence-electron chi connectivity index (χ1n) is 5.90. The summed E-state index contributed by atoms with van der Waals surface area (Å²) < 4.78 is 0. The quantitative estimate of drug-likeness (QED) is 0.551. The maximum absolute atomic E-state index is 5.54. The summed E-state index contributed by atoms with van der Waals surface area (Å²) >= 11 is 0. The predicted molar refractivity (Wildman–Crippen MR) is 63.2 cm³/mol. The van der Waals surface area contributed by atoms with Crippen LogP contribution < -0.4 is 11.3 Å². The van der Waals surface area contributed by atoms with E-state index in [9.17, 15) is 0 Å². The number of hydrogen-bond donors (Lipinski definition) is 2. The zero-order chi connectivity index (χ0) is 10.5. The zero-order valence-electron chi connectivity index (χ0n) is 9.15. The summed E-state index contributed by atoms with van der Waals surface area (Å²) in [5.74, 6) is 6.40. The van der Waals surface area contributed by atoms with E-state index >= 15 is 0 Å². The van der Waals surface area contributed by atoms with Gasteiger partial charge in [-0.15, -0.1) is 0 Å². The van der Waals surface area contributed by atoms with E-state index in [1.807, 2.05) is 0 Å². The van der Waals surface area contributed by atoms with Crippen molar-refractivity contribution in [3.8, 4) is 0 Å². The van der Waals surface area contributed by atoms with E-state index in [4.69, 9.17) is 5.84 Å². The lowest BCUT2D eigenvalue weighted by molar-refractivity contribution is 0.434. The van der Waals surface area contributed by atoms with Crippen LogP contribution in [-0.4, -0.2) is 6.04 Å². The van der Waals surface area contributed by atoms with Crippen LogP contribution in [0.15, 0.2) is 30.3 Å². The van der Waals surface area contributed by atoms with Crippen LogP contribution in [0.1, 0.15) is 31.2 Å². The lowest BCUT2D eigenvalue weighted by Crippen LogP contribution is -2.36. The molecule has 1 fully saturated rings. The fourth-order valence-electron chi connectivity index (χ4n) is 2.12. The molecule has 0 aliphatic heterocycles. The van der Waals surface area contributed by atoms with E-state index in [1.165, 1.54) is 37.7 Å². The Morgan fingerprint density at radius 3 is 2.60 bits per heavy atom. The summed E-state index contributed by atoms with van der Waals surface area (Å²) in [5, 5.41) is 0. The fourth-order valence-corrected chi connectivity index (χ4v) is 2.12. The highest BCUT2D eigenvalue weighted by Gasteiger charge is 2.29. The van der Waals surface area contributed by atoms with Gasteiger partial charge in [-0.1, -0.05) is 30.3 Å². The highest BCUT2D eigenvalue weighted by Crippen LogP contribution is 2.34. The van der Waals surface area contributed by atoms with Gasteiger partial charge in [0.05, 0.1) is 0 Å². The van der Waals surface area contributed by atoms with E-state index in [0.29, 0.717) is 6.04 Å². The summed E-state index contributed by atoms with van der Waals surface area (Å²) in [6.45, 7) is 0. The van der Waals surface area contributed by atoms with Gasteiger partial charge in [0.15, 0.2) is 0 Å². The Kier molecular flexibility index (Phi) is 3.75. The molecule has 1 atom stereocenters. The van der Waals surface area contributed by atoms with Crippen molar-refractivity contribution < 1.29 is 0 Å². The Hall–Kier alpha value is -0.860. The Balaban J connectivity index is 1.69. The van der Waals surface area contributed by atoms with Crippen LogP contribution in [0.5, 0.6) is 0 Å². The molecule has 1 aromatic rings. The minimum atomic E-state index is 0.550. The van der Waals surface area contributed by atoms with Crippen molar-refractivity contribution in [3.63, 3.8) is 0 Å². The SMILES string of the molecule is NNC(CCCc1ccccc1)C1CC1. The summed E-state index contributed by atoms with van der Waals surface area (Å²) in [5.41, 5.74) is 4.38. The predicted octanol–water partition coefficient (Wildman–Crippen LogP) is 2.25. The van der Waals surface area contributed by atoms with E-state index in [2.05, 4.69) is 35.8 Å². The van der Waals surface area contributed by atoms with Gasteiger partial charge in [0.2, 0.25) is 0 Å². The van der Waals surface area contributed by atoms with E-state index < -0.39 is 0 Å². The molecule has 15 heavy (non-hydrogen) atoms. The molecule has 1 saturated carbocycles. The highest BCUT2D eigenvalue weighted by molar-refractivity contribution is 5.14. The molecule has 2 heteroatoms. The van der Waals surface area contributed by atoms with Crippen molar-refractivity contribution in [2.24, 2.45) is 11.8 Å². The second kappa shape index (κ2) is 5.29. The van der Waals surface area contributed by atoms with Crippen molar-refractivity contribution >= 4 is 0 Å². The fraction of sp³-hybridized carbons (Fsp3) is 0.538. The average Bonchev–Trinajstić information content (AvgIpc) is 3.10. The Labute approximate surface area is 91.8 Å². The van der Waals surface area contributed by atoms with Gasteiger partial charge in [-0.3, -0.25) is 11.3 Å². The van der Waals surface area contributed by atoms with Crippen LogP contribution in [0.4, 0.5) is 0 Å². The summed E-state index contributed by atoms with van der Waals surface area (Å²) in [4.78, 5) is 0. The monoisotopic (exact) mass is 204 g/mol. The van der Waals surface area contributed by atoms with Crippen LogP contribution in [0.2, 0.25) is 0 Å². The van der Waals surface area contributed by atoms with Gasteiger partial charge in [-0.05, 0) is 43.6 Å². The standard InChI is InChI=1S/C13H20N2/c14-15-13(12-9-10-12)8-4-7-11-5-2-1-3-6-11/h1-3,5-6,12-13,15H,4,7-10,14H2. The first-order chi connectivity index (χ1) is 7.40. The maximum atomic E-state index is 5.54. The minimum Gasteiger partial charge on any atom is -0.271 e. The third-order valence-electron chi connectivity index (χ3n) is 3.23. The molecule has 3 N–H and O–H groups in total. The van der Waals surface area contributed by atoms with Gasteiger partial charge in [-0.25, -0.2) is 0 Å². The van der Waals surface area contributed by atoms with Crippen molar-refractivity contribution in [1.82, 2.24) is 5.43 Å². The molecule has 1 unspecified atom stereocenters. The van der Waals surface area contributed by atoms with Gasteiger partial charge in [0.25, 0.3) is 0 Å². The smallest absolute Gasteiger partial charge is 0.0238 e. The highest BCUT2D eigenvalue weighted by atomic mass is 15.2. The largest absolute Gasteiger partial charge is 0.271 e. The van der Waals surface area contributed by atoms with Crippen LogP contribution >= 0.6 is 0 Å². The van der Waals surface area contributed by atoms with Gasteiger partial charge >= 0.3 is 0 Å². The van der Waals surface area contributed by atoms with Crippen molar-refractivity contribution in [1.29, 1.82) is 0 Å². The summed E-state index contributed by atoms with van der Waals surface area (Å²) in [6, 6.07) is 11.2. The number of rotatable bonds is 6. The number of aryl methyl sites for hydroxylation is 1. The molecule has 0 radical (unpaired) electrons. The second-order valence-electron chi connectivity index (χ2n) is 4.49. The summed E-state index contributed by atoms with van der Waals surface area (Å²) in [7, 11) is 0. The minimum absolute atomic E-state index is 0.550. The van der Waals surface area contributed by atoms with Gasteiger partial charge in [0, 0.05) is 6.04 Å². The third-order valence-corrected chi connectivity index (χ3v) is 3.23. The van der Waals surface area contributed by atoms with Crippen molar-refractivity contribution in [3.05, 3.63) is 35.9 Å².